The minimum atomic E-state index is -0.299. The lowest BCUT2D eigenvalue weighted by Crippen LogP contribution is -2.33. The number of rotatable bonds is 6. The first-order valence-electron chi connectivity index (χ1n) is 7.30. The van der Waals surface area contributed by atoms with Crippen molar-refractivity contribution in [3.63, 3.8) is 0 Å². The van der Waals surface area contributed by atoms with Gasteiger partial charge in [0, 0.05) is 16.6 Å². The molecule has 2 rings (SSSR count). The molecular weight excluding hydrogens is 378 g/mol. The second-order valence-corrected chi connectivity index (χ2v) is 7.72. The topological polar surface area (TPSA) is 85.8 Å². The van der Waals surface area contributed by atoms with Crippen molar-refractivity contribution in [2.24, 2.45) is 5.92 Å². The van der Waals surface area contributed by atoms with E-state index >= 15 is 0 Å². The standard InChI is InChI=1S/C15H20BrN5OS/c1-9(2)8-18-14(22)10(3)23-15-20-19-13(21(15)17)11-6-4-5-7-12(11)16/h4-7,9-10H,8,17H2,1-3H3,(H,18,22). The van der Waals surface area contributed by atoms with Crippen molar-refractivity contribution in [1.82, 2.24) is 20.2 Å². The Labute approximate surface area is 148 Å². The summed E-state index contributed by atoms with van der Waals surface area (Å²) in [6, 6.07) is 7.65. The zero-order valence-corrected chi connectivity index (χ0v) is 15.7. The Bertz CT molecular complexity index is 688. The minimum Gasteiger partial charge on any atom is -0.355 e. The van der Waals surface area contributed by atoms with Gasteiger partial charge in [0.2, 0.25) is 11.1 Å². The van der Waals surface area contributed by atoms with E-state index in [-0.39, 0.29) is 11.2 Å². The molecule has 1 aromatic heterocycles. The molecular formula is C15H20BrN5OS. The molecule has 1 heterocycles. The molecule has 124 valence electrons. The number of halogens is 1. The zero-order chi connectivity index (χ0) is 17.0. The Morgan fingerprint density at radius 3 is 2.70 bits per heavy atom. The van der Waals surface area contributed by atoms with Crippen molar-refractivity contribution < 1.29 is 4.79 Å². The minimum absolute atomic E-state index is 0.0332. The summed E-state index contributed by atoms with van der Waals surface area (Å²) in [5, 5.41) is 11.3. The number of nitrogens with one attached hydrogen (secondary N) is 1. The number of amides is 1. The number of thioether (sulfide) groups is 1. The number of aromatic nitrogens is 3. The van der Waals surface area contributed by atoms with Crippen molar-refractivity contribution in [1.29, 1.82) is 0 Å². The number of nitrogens with zero attached hydrogens (tertiary/aromatic N) is 3. The van der Waals surface area contributed by atoms with Crippen molar-refractivity contribution in [3.8, 4) is 11.4 Å². The van der Waals surface area contributed by atoms with E-state index in [4.69, 9.17) is 5.84 Å². The third kappa shape index (κ3) is 4.48. The van der Waals surface area contributed by atoms with Crippen LogP contribution in [0.25, 0.3) is 11.4 Å². The highest BCUT2D eigenvalue weighted by atomic mass is 79.9. The third-order valence-electron chi connectivity index (χ3n) is 3.12. The number of nitrogen functional groups attached to an aromatic ring is 1. The molecule has 3 N–H and O–H groups in total. The lowest BCUT2D eigenvalue weighted by molar-refractivity contribution is -0.120. The fourth-order valence-electron chi connectivity index (χ4n) is 1.84. The summed E-state index contributed by atoms with van der Waals surface area (Å²) >= 11 is 4.77. The van der Waals surface area contributed by atoms with E-state index in [9.17, 15) is 4.79 Å². The molecule has 0 saturated carbocycles. The number of carbonyl (C=O) groups excluding carboxylic acids is 1. The summed E-state index contributed by atoms with van der Waals surface area (Å²) in [5.41, 5.74) is 0.853. The van der Waals surface area contributed by atoms with E-state index in [1.807, 2.05) is 31.2 Å². The van der Waals surface area contributed by atoms with Crippen molar-refractivity contribution in [2.75, 3.05) is 12.4 Å². The molecule has 0 aliphatic rings. The molecule has 6 nitrogen and oxygen atoms in total. The van der Waals surface area contributed by atoms with Crippen molar-refractivity contribution in [2.45, 2.75) is 31.2 Å². The van der Waals surface area contributed by atoms with Crippen LogP contribution < -0.4 is 11.2 Å². The normalized spacial score (nSPS) is 12.4. The maximum atomic E-state index is 12.1. The monoisotopic (exact) mass is 397 g/mol. The average Bonchev–Trinajstić information content (AvgIpc) is 2.86. The van der Waals surface area contributed by atoms with Gasteiger partial charge in [-0.2, -0.15) is 0 Å². The molecule has 8 heteroatoms. The fraction of sp³-hybridized carbons (Fsp3) is 0.400. The van der Waals surface area contributed by atoms with Gasteiger partial charge in [-0.05, 0) is 25.0 Å². The van der Waals surface area contributed by atoms with Gasteiger partial charge in [-0.1, -0.05) is 53.7 Å². The van der Waals surface area contributed by atoms with Gasteiger partial charge >= 0.3 is 0 Å². The van der Waals surface area contributed by atoms with Crippen molar-refractivity contribution in [3.05, 3.63) is 28.7 Å². The average molecular weight is 398 g/mol. The number of nitrogens with two attached hydrogens (primary N) is 1. The predicted molar refractivity (Wildman–Crippen MR) is 96.5 cm³/mol. The number of hydrogen-bond donors (Lipinski definition) is 2. The summed E-state index contributed by atoms with van der Waals surface area (Å²) in [4.78, 5) is 12.1. The number of carbonyl (C=O) groups is 1. The predicted octanol–water partition coefficient (Wildman–Crippen LogP) is 2.67. The first-order valence-corrected chi connectivity index (χ1v) is 8.97. The van der Waals surface area contributed by atoms with Crippen LogP contribution in [0.15, 0.2) is 33.9 Å². The van der Waals surface area contributed by atoms with Crippen LogP contribution in [0.4, 0.5) is 0 Å². The van der Waals surface area contributed by atoms with Crippen LogP contribution in [0, 0.1) is 5.92 Å². The number of benzene rings is 1. The van der Waals surface area contributed by atoms with Crippen LogP contribution >= 0.6 is 27.7 Å². The van der Waals surface area contributed by atoms with E-state index < -0.39 is 0 Å². The summed E-state index contributed by atoms with van der Waals surface area (Å²) < 4.78 is 2.30. The lowest BCUT2D eigenvalue weighted by Gasteiger charge is -2.12. The Morgan fingerprint density at radius 1 is 1.35 bits per heavy atom. The summed E-state index contributed by atoms with van der Waals surface area (Å²) in [6.07, 6.45) is 0. The van der Waals surface area contributed by atoms with E-state index in [1.54, 1.807) is 0 Å². The van der Waals surface area contributed by atoms with Gasteiger partial charge in [-0.3, -0.25) is 4.79 Å². The molecule has 0 saturated heterocycles. The second kappa shape index (κ2) is 7.83. The lowest BCUT2D eigenvalue weighted by atomic mass is 10.2. The van der Waals surface area contributed by atoms with Crippen molar-refractivity contribution >= 4 is 33.6 Å². The molecule has 0 radical (unpaired) electrons. The van der Waals surface area contributed by atoms with Gasteiger partial charge in [0.05, 0.1) is 5.25 Å². The Hall–Kier alpha value is -1.54. The molecule has 1 unspecified atom stereocenters. The first-order chi connectivity index (χ1) is 10.9. The molecule has 1 aromatic carbocycles. The summed E-state index contributed by atoms with van der Waals surface area (Å²) in [7, 11) is 0. The van der Waals surface area contributed by atoms with E-state index in [0.717, 1.165) is 10.0 Å². The van der Waals surface area contributed by atoms with E-state index in [1.165, 1.54) is 16.4 Å². The molecule has 2 aromatic rings. The second-order valence-electron chi connectivity index (χ2n) is 5.56. The maximum absolute atomic E-state index is 12.1. The molecule has 0 spiro atoms. The molecule has 0 bridgehead atoms. The van der Waals surface area contributed by atoms with Gasteiger partial charge in [-0.25, -0.2) is 4.68 Å². The van der Waals surface area contributed by atoms with Gasteiger partial charge < -0.3 is 11.2 Å². The quantitative estimate of drug-likeness (QED) is 0.577. The molecule has 0 fully saturated rings. The molecule has 23 heavy (non-hydrogen) atoms. The highest BCUT2D eigenvalue weighted by Crippen LogP contribution is 2.29. The Morgan fingerprint density at radius 2 is 2.04 bits per heavy atom. The first kappa shape index (κ1) is 17.8. The summed E-state index contributed by atoms with van der Waals surface area (Å²) in [6.45, 7) is 6.59. The van der Waals surface area contributed by atoms with Crippen LogP contribution in [0.3, 0.4) is 0 Å². The zero-order valence-electron chi connectivity index (χ0n) is 13.3. The van der Waals surface area contributed by atoms with Crippen LogP contribution in [-0.4, -0.2) is 32.6 Å². The molecule has 0 aliphatic carbocycles. The third-order valence-corrected chi connectivity index (χ3v) is 4.86. The van der Waals surface area contributed by atoms with Gasteiger partial charge in [0.15, 0.2) is 5.82 Å². The summed E-state index contributed by atoms with van der Waals surface area (Å²) in [5.74, 6) is 7.02. The van der Waals surface area contributed by atoms with Crippen LogP contribution in [0.5, 0.6) is 0 Å². The van der Waals surface area contributed by atoms with Crippen LogP contribution in [0.2, 0.25) is 0 Å². The maximum Gasteiger partial charge on any atom is 0.233 e. The molecule has 1 amide bonds. The number of hydrogen-bond acceptors (Lipinski definition) is 5. The van der Waals surface area contributed by atoms with E-state index in [2.05, 4.69) is 45.3 Å². The van der Waals surface area contributed by atoms with Crippen LogP contribution in [-0.2, 0) is 4.79 Å². The SMILES string of the molecule is CC(C)CNC(=O)C(C)Sc1nnc(-c2ccccc2Br)n1N. The fourth-order valence-corrected chi connectivity index (χ4v) is 3.10. The van der Waals surface area contributed by atoms with Gasteiger partial charge in [-0.15, -0.1) is 10.2 Å². The smallest absolute Gasteiger partial charge is 0.233 e. The van der Waals surface area contributed by atoms with Gasteiger partial charge in [0.25, 0.3) is 0 Å². The van der Waals surface area contributed by atoms with Crippen LogP contribution in [0.1, 0.15) is 20.8 Å². The highest BCUT2D eigenvalue weighted by molar-refractivity contribution is 9.10. The highest BCUT2D eigenvalue weighted by Gasteiger charge is 2.20. The van der Waals surface area contributed by atoms with E-state index in [0.29, 0.717) is 23.4 Å². The Balaban J connectivity index is 2.11. The largest absolute Gasteiger partial charge is 0.355 e. The van der Waals surface area contributed by atoms with Gasteiger partial charge in [0.1, 0.15) is 0 Å². The Kier molecular flexibility index (Phi) is 6.06. The molecule has 1 atom stereocenters. The molecule has 0 aliphatic heterocycles.